The van der Waals surface area contributed by atoms with Crippen molar-refractivity contribution in [1.29, 1.82) is 0 Å². The number of rotatable bonds is 3. The predicted octanol–water partition coefficient (Wildman–Crippen LogP) is 1.55. The number of pyridine rings is 1. The molecule has 0 saturated heterocycles. The molecule has 0 saturated carbocycles. The Balaban J connectivity index is 2.76. The van der Waals surface area contributed by atoms with Gasteiger partial charge in [-0.15, -0.1) is 0 Å². The number of esters is 1. The van der Waals surface area contributed by atoms with Gasteiger partial charge in [-0.25, -0.2) is 0 Å². The lowest BCUT2D eigenvalue weighted by molar-refractivity contribution is -0.142. The third-order valence-electron chi connectivity index (χ3n) is 1.57. The zero-order valence-electron chi connectivity index (χ0n) is 7.66. The normalized spacial score (nSPS) is 9.86. The molecule has 0 aromatic carbocycles. The van der Waals surface area contributed by atoms with E-state index in [1.807, 2.05) is 0 Å². The van der Waals surface area contributed by atoms with Gasteiger partial charge in [0.15, 0.2) is 5.75 Å². The first kappa shape index (κ1) is 10.8. The summed E-state index contributed by atoms with van der Waals surface area (Å²) in [6, 6.07) is 1.45. The van der Waals surface area contributed by atoms with Crippen molar-refractivity contribution >= 4 is 17.6 Å². The molecule has 0 spiro atoms. The van der Waals surface area contributed by atoms with Crippen LogP contribution in [0, 0.1) is 0 Å². The SMILES string of the molecule is CCOC(=O)Cc1nccc(Cl)c1O. The molecular weight excluding hydrogens is 206 g/mol. The van der Waals surface area contributed by atoms with Crippen molar-refractivity contribution in [2.45, 2.75) is 13.3 Å². The van der Waals surface area contributed by atoms with Crippen LogP contribution in [0.5, 0.6) is 5.75 Å². The van der Waals surface area contributed by atoms with Crippen molar-refractivity contribution < 1.29 is 14.6 Å². The van der Waals surface area contributed by atoms with Gasteiger partial charge in [-0.1, -0.05) is 11.6 Å². The summed E-state index contributed by atoms with van der Waals surface area (Å²) >= 11 is 5.63. The van der Waals surface area contributed by atoms with E-state index < -0.39 is 5.97 Å². The van der Waals surface area contributed by atoms with Crippen LogP contribution in [0.3, 0.4) is 0 Å². The molecule has 0 amide bonds. The summed E-state index contributed by atoms with van der Waals surface area (Å²) in [6.07, 6.45) is 1.36. The van der Waals surface area contributed by atoms with Crippen molar-refractivity contribution in [2.75, 3.05) is 6.61 Å². The summed E-state index contributed by atoms with van der Waals surface area (Å²) in [5.74, 6) is -0.597. The van der Waals surface area contributed by atoms with E-state index in [1.165, 1.54) is 12.3 Å². The molecule has 14 heavy (non-hydrogen) atoms. The second kappa shape index (κ2) is 4.81. The van der Waals surface area contributed by atoms with Gasteiger partial charge in [0.05, 0.1) is 23.7 Å². The lowest BCUT2D eigenvalue weighted by Crippen LogP contribution is -2.08. The minimum Gasteiger partial charge on any atom is -0.505 e. The van der Waals surface area contributed by atoms with Gasteiger partial charge >= 0.3 is 5.97 Å². The summed E-state index contributed by atoms with van der Waals surface area (Å²) in [7, 11) is 0. The molecule has 1 rings (SSSR count). The highest BCUT2D eigenvalue weighted by atomic mass is 35.5. The second-order valence-electron chi connectivity index (χ2n) is 2.57. The molecule has 1 heterocycles. The molecule has 0 aliphatic rings. The van der Waals surface area contributed by atoms with Crippen LogP contribution < -0.4 is 0 Å². The average molecular weight is 216 g/mol. The van der Waals surface area contributed by atoms with E-state index in [2.05, 4.69) is 4.98 Å². The van der Waals surface area contributed by atoms with E-state index in [0.29, 0.717) is 6.61 Å². The maximum absolute atomic E-state index is 11.1. The molecular formula is C9H10ClNO3. The van der Waals surface area contributed by atoms with Crippen molar-refractivity contribution in [3.05, 3.63) is 23.0 Å². The highest BCUT2D eigenvalue weighted by Gasteiger charge is 2.11. The van der Waals surface area contributed by atoms with Crippen LogP contribution in [0.15, 0.2) is 12.3 Å². The number of aromatic hydroxyl groups is 1. The molecule has 0 aliphatic carbocycles. The summed E-state index contributed by atoms with van der Waals surface area (Å²) in [4.78, 5) is 14.9. The van der Waals surface area contributed by atoms with Crippen molar-refractivity contribution in [3.63, 3.8) is 0 Å². The summed E-state index contributed by atoms with van der Waals surface area (Å²) < 4.78 is 4.71. The third-order valence-corrected chi connectivity index (χ3v) is 1.87. The van der Waals surface area contributed by atoms with Gasteiger partial charge < -0.3 is 9.84 Å². The summed E-state index contributed by atoms with van der Waals surface area (Å²) in [6.45, 7) is 2.02. The second-order valence-corrected chi connectivity index (χ2v) is 2.98. The smallest absolute Gasteiger partial charge is 0.312 e. The van der Waals surface area contributed by atoms with Crippen LogP contribution in [-0.4, -0.2) is 22.7 Å². The van der Waals surface area contributed by atoms with Gasteiger partial charge in [0.2, 0.25) is 0 Å². The molecule has 4 nitrogen and oxygen atoms in total. The number of hydrogen-bond donors (Lipinski definition) is 1. The Kier molecular flexibility index (Phi) is 3.71. The van der Waals surface area contributed by atoms with E-state index in [-0.39, 0.29) is 22.9 Å². The Hall–Kier alpha value is -1.29. The van der Waals surface area contributed by atoms with Gasteiger partial charge in [-0.3, -0.25) is 9.78 Å². The van der Waals surface area contributed by atoms with E-state index in [4.69, 9.17) is 16.3 Å². The Morgan fingerprint density at radius 1 is 1.71 bits per heavy atom. The van der Waals surface area contributed by atoms with Crippen LogP contribution in [0.1, 0.15) is 12.6 Å². The molecule has 0 fully saturated rings. The monoisotopic (exact) mass is 215 g/mol. The number of aromatic nitrogens is 1. The fraction of sp³-hybridized carbons (Fsp3) is 0.333. The maximum atomic E-state index is 11.1. The number of nitrogens with zero attached hydrogens (tertiary/aromatic N) is 1. The molecule has 0 aliphatic heterocycles. The molecule has 0 bridgehead atoms. The van der Waals surface area contributed by atoms with E-state index in [0.717, 1.165) is 0 Å². The number of ether oxygens (including phenoxy) is 1. The largest absolute Gasteiger partial charge is 0.505 e. The fourth-order valence-corrected chi connectivity index (χ4v) is 1.11. The zero-order chi connectivity index (χ0) is 10.6. The number of carbonyl (C=O) groups excluding carboxylic acids is 1. The van der Waals surface area contributed by atoms with Crippen LogP contribution in [0.25, 0.3) is 0 Å². The first-order chi connectivity index (χ1) is 6.65. The van der Waals surface area contributed by atoms with Gasteiger partial charge in [-0.05, 0) is 13.0 Å². The van der Waals surface area contributed by atoms with E-state index in [1.54, 1.807) is 6.92 Å². The quantitative estimate of drug-likeness (QED) is 0.778. The molecule has 1 aromatic rings. The number of halogens is 1. The third kappa shape index (κ3) is 2.60. The highest BCUT2D eigenvalue weighted by molar-refractivity contribution is 6.32. The van der Waals surface area contributed by atoms with E-state index >= 15 is 0 Å². The Morgan fingerprint density at radius 2 is 2.43 bits per heavy atom. The highest BCUT2D eigenvalue weighted by Crippen LogP contribution is 2.25. The molecule has 0 unspecified atom stereocenters. The fourth-order valence-electron chi connectivity index (χ4n) is 0.949. The van der Waals surface area contributed by atoms with Crippen LogP contribution >= 0.6 is 11.6 Å². The Morgan fingerprint density at radius 3 is 3.07 bits per heavy atom. The number of carbonyl (C=O) groups is 1. The maximum Gasteiger partial charge on any atom is 0.312 e. The lowest BCUT2D eigenvalue weighted by Gasteiger charge is -2.04. The van der Waals surface area contributed by atoms with Crippen molar-refractivity contribution in [3.8, 4) is 5.75 Å². The Bertz CT molecular complexity index is 341. The van der Waals surface area contributed by atoms with Crippen LogP contribution in [-0.2, 0) is 16.0 Å². The van der Waals surface area contributed by atoms with Crippen LogP contribution in [0.4, 0.5) is 0 Å². The summed E-state index contributed by atoms with van der Waals surface area (Å²) in [5.41, 5.74) is 0.232. The van der Waals surface area contributed by atoms with Gasteiger partial charge in [0.25, 0.3) is 0 Å². The Labute approximate surface area is 86.5 Å². The molecule has 5 heteroatoms. The molecule has 0 atom stereocenters. The van der Waals surface area contributed by atoms with E-state index in [9.17, 15) is 9.90 Å². The minimum absolute atomic E-state index is 0.0692. The number of hydrogen-bond acceptors (Lipinski definition) is 4. The average Bonchev–Trinajstić information content (AvgIpc) is 2.13. The topological polar surface area (TPSA) is 59.4 Å². The lowest BCUT2D eigenvalue weighted by atomic mass is 10.2. The van der Waals surface area contributed by atoms with Crippen molar-refractivity contribution in [2.24, 2.45) is 0 Å². The van der Waals surface area contributed by atoms with Crippen molar-refractivity contribution in [1.82, 2.24) is 4.98 Å². The molecule has 1 aromatic heterocycles. The van der Waals surface area contributed by atoms with Gasteiger partial charge in [0.1, 0.15) is 0 Å². The molecule has 0 radical (unpaired) electrons. The van der Waals surface area contributed by atoms with Gasteiger partial charge in [0, 0.05) is 6.20 Å². The van der Waals surface area contributed by atoms with Gasteiger partial charge in [-0.2, -0.15) is 0 Å². The first-order valence-corrected chi connectivity index (χ1v) is 4.51. The summed E-state index contributed by atoms with van der Waals surface area (Å²) in [5, 5.41) is 9.59. The standard InChI is InChI=1S/C9H10ClNO3/c1-2-14-8(12)5-7-9(13)6(10)3-4-11-7/h3-4,13H,2,5H2,1H3. The molecule has 1 N–H and O–H groups in total. The predicted molar refractivity (Wildman–Crippen MR) is 51.2 cm³/mol. The zero-order valence-corrected chi connectivity index (χ0v) is 8.41. The minimum atomic E-state index is -0.433. The first-order valence-electron chi connectivity index (χ1n) is 4.13. The van der Waals surface area contributed by atoms with Crippen LogP contribution in [0.2, 0.25) is 5.02 Å². The molecule has 76 valence electrons.